The number of nitrogens with one attached hydrogen (secondary N) is 1. The van der Waals surface area contributed by atoms with Gasteiger partial charge in [0.2, 0.25) is 5.91 Å². The first-order chi connectivity index (χ1) is 12.5. The first-order valence-corrected chi connectivity index (χ1v) is 10.6. The Hall–Kier alpha value is -1.93. The molecule has 0 aliphatic carbocycles. The molecule has 0 aromatic heterocycles. The monoisotopic (exact) mass is 376 g/mol. The summed E-state index contributed by atoms with van der Waals surface area (Å²) in [4.78, 5) is 17.1. The lowest BCUT2D eigenvalue weighted by atomic mass is 9.94. The molecule has 1 N–H and O–H groups in total. The number of carbonyl (C=O) groups excluding carboxylic acids is 1. The van der Waals surface area contributed by atoms with E-state index >= 15 is 0 Å². The second-order valence-corrected chi connectivity index (χ2v) is 8.80. The number of hydrogen-bond acceptors (Lipinski definition) is 5. The largest absolute Gasteiger partial charge is 0.355 e. The van der Waals surface area contributed by atoms with Crippen LogP contribution in [-0.2, 0) is 14.8 Å². The minimum atomic E-state index is -3.59. The van der Waals surface area contributed by atoms with Crippen LogP contribution in [0.5, 0.6) is 0 Å². The van der Waals surface area contributed by atoms with Crippen LogP contribution in [0.1, 0.15) is 25.3 Å². The van der Waals surface area contributed by atoms with Gasteiger partial charge in [-0.25, -0.2) is 0 Å². The van der Waals surface area contributed by atoms with E-state index in [1.54, 1.807) is 18.2 Å². The fourth-order valence-electron chi connectivity index (χ4n) is 4.06. The first kappa shape index (κ1) is 17.5. The van der Waals surface area contributed by atoms with Gasteiger partial charge in [0.05, 0.1) is 0 Å². The Morgan fingerprint density at radius 2 is 1.92 bits per heavy atom. The Morgan fingerprint density at radius 3 is 2.65 bits per heavy atom. The van der Waals surface area contributed by atoms with Crippen molar-refractivity contribution in [3.8, 4) is 0 Å². The Labute approximate surface area is 154 Å². The number of amides is 1. The number of sulfonamides is 1. The van der Waals surface area contributed by atoms with Crippen molar-refractivity contribution in [2.24, 2.45) is 10.3 Å². The molecule has 3 aliphatic heterocycles. The molecule has 0 unspecified atom stereocenters. The van der Waals surface area contributed by atoms with Gasteiger partial charge in [0.25, 0.3) is 10.0 Å². The maximum absolute atomic E-state index is 12.8. The number of likely N-dealkylation sites (tertiary alicyclic amines) is 1. The highest BCUT2D eigenvalue weighted by atomic mass is 32.2. The van der Waals surface area contributed by atoms with Crippen molar-refractivity contribution in [1.29, 1.82) is 0 Å². The van der Waals surface area contributed by atoms with Crippen LogP contribution in [0.3, 0.4) is 0 Å². The van der Waals surface area contributed by atoms with E-state index in [2.05, 4.69) is 16.6 Å². The van der Waals surface area contributed by atoms with Gasteiger partial charge in [-0.2, -0.15) is 8.42 Å². The van der Waals surface area contributed by atoms with E-state index in [4.69, 9.17) is 0 Å². The summed E-state index contributed by atoms with van der Waals surface area (Å²) in [5, 5.41) is 3.31. The van der Waals surface area contributed by atoms with Gasteiger partial charge >= 0.3 is 0 Å². The van der Waals surface area contributed by atoms with Crippen LogP contribution >= 0.6 is 0 Å². The van der Waals surface area contributed by atoms with Gasteiger partial charge in [-0.3, -0.25) is 4.79 Å². The summed E-state index contributed by atoms with van der Waals surface area (Å²) in [7, 11) is -3.59. The molecule has 4 rings (SSSR count). The van der Waals surface area contributed by atoms with Gasteiger partial charge < -0.3 is 15.1 Å². The van der Waals surface area contributed by atoms with Crippen molar-refractivity contribution >= 4 is 21.8 Å². The number of benzene rings is 1. The Morgan fingerprint density at radius 1 is 1.19 bits per heavy atom. The average Bonchev–Trinajstić information content (AvgIpc) is 2.93. The van der Waals surface area contributed by atoms with Gasteiger partial charge in [-0.15, -0.1) is 4.40 Å². The molecule has 3 aliphatic rings. The maximum atomic E-state index is 12.8. The molecule has 8 heteroatoms. The summed E-state index contributed by atoms with van der Waals surface area (Å²) in [6.07, 6.45) is 1.47. The van der Waals surface area contributed by atoms with Crippen molar-refractivity contribution in [3.63, 3.8) is 0 Å². The van der Waals surface area contributed by atoms with Gasteiger partial charge in [-0.1, -0.05) is 12.1 Å². The molecule has 0 bridgehead atoms. The molecule has 1 atom stereocenters. The van der Waals surface area contributed by atoms with Gasteiger partial charge in [0.15, 0.2) is 5.84 Å². The van der Waals surface area contributed by atoms with E-state index in [0.717, 1.165) is 32.5 Å². The molecular weight excluding hydrogens is 352 g/mol. The quantitative estimate of drug-likeness (QED) is 0.779. The normalized spacial score (nSPS) is 25.7. The SMILES string of the molecule is C[C@@H]1CNCCN1C(=O)C1CCN(C2=NS(=O)(=O)c3ccccc32)CC1. The predicted molar refractivity (Wildman–Crippen MR) is 98.5 cm³/mol. The van der Waals surface area contributed by atoms with Crippen LogP contribution in [0.15, 0.2) is 33.6 Å². The van der Waals surface area contributed by atoms with Crippen molar-refractivity contribution < 1.29 is 13.2 Å². The number of amidine groups is 1. The summed E-state index contributed by atoms with van der Waals surface area (Å²) in [5.74, 6) is 0.780. The molecule has 0 radical (unpaired) electrons. The van der Waals surface area contributed by atoms with E-state index in [-0.39, 0.29) is 22.8 Å². The van der Waals surface area contributed by atoms with Crippen LogP contribution in [0.4, 0.5) is 0 Å². The lowest BCUT2D eigenvalue weighted by Crippen LogP contribution is -2.55. The van der Waals surface area contributed by atoms with Crippen LogP contribution in [0.25, 0.3) is 0 Å². The highest BCUT2D eigenvalue weighted by Gasteiger charge is 2.36. The van der Waals surface area contributed by atoms with Crippen LogP contribution < -0.4 is 5.32 Å². The maximum Gasteiger partial charge on any atom is 0.285 e. The van der Waals surface area contributed by atoms with Crippen molar-refractivity contribution in [2.75, 3.05) is 32.7 Å². The predicted octanol–water partition coefficient (Wildman–Crippen LogP) is 0.668. The first-order valence-electron chi connectivity index (χ1n) is 9.18. The molecule has 1 aromatic rings. The van der Waals surface area contributed by atoms with E-state index < -0.39 is 10.0 Å². The molecule has 1 aromatic carbocycles. The lowest BCUT2D eigenvalue weighted by molar-refractivity contribution is -0.139. The zero-order chi connectivity index (χ0) is 18.3. The van der Waals surface area contributed by atoms with E-state index in [1.165, 1.54) is 0 Å². The molecule has 0 spiro atoms. The Bertz CT molecular complexity index is 844. The third-order valence-electron chi connectivity index (χ3n) is 5.54. The summed E-state index contributed by atoms with van der Waals surface area (Å²) in [5.41, 5.74) is 0.674. The average molecular weight is 376 g/mol. The van der Waals surface area contributed by atoms with Crippen LogP contribution in [-0.4, -0.2) is 68.7 Å². The fourth-order valence-corrected chi connectivity index (χ4v) is 5.29. The number of nitrogens with zero attached hydrogens (tertiary/aromatic N) is 3. The Balaban J connectivity index is 1.45. The van der Waals surface area contributed by atoms with Crippen molar-refractivity contribution in [1.82, 2.24) is 15.1 Å². The second-order valence-electron chi connectivity index (χ2n) is 7.23. The topological polar surface area (TPSA) is 82.1 Å². The molecule has 26 heavy (non-hydrogen) atoms. The number of hydrogen-bond donors (Lipinski definition) is 1. The number of piperidine rings is 1. The Kier molecular flexibility index (Phi) is 4.48. The number of fused-ring (bicyclic) bond motifs is 1. The highest BCUT2D eigenvalue weighted by molar-refractivity contribution is 7.90. The van der Waals surface area contributed by atoms with Crippen molar-refractivity contribution in [3.05, 3.63) is 29.8 Å². The van der Waals surface area contributed by atoms with E-state index in [0.29, 0.717) is 24.5 Å². The standard InChI is InChI=1S/C18H24N4O3S/c1-13-12-19-8-11-22(13)18(23)14-6-9-21(10-7-14)17-15-4-2-3-5-16(15)26(24,25)20-17/h2-5,13-14,19H,6-12H2,1H3/t13-/m1/s1. The number of carbonyl (C=O) groups is 1. The fraction of sp³-hybridized carbons (Fsp3) is 0.556. The van der Waals surface area contributed by atoms with Gasteiger partial charge in [-0.05, 0) is 31.9 Å². The smallest absolute Gasteiger partial charge is 0.285 e. The molecular formula is C18H24N4O3S. The van der Waals surface area contributed by atoms with E-state index in [9.17, 15) is 13.2 Å². The minimum Gasteiger partial charge on any atom is -0.355 e. The van der Waals surface area contributed by atoms with E-state index in [1.807, 2.05) is 15.9 Å². The molecule has 2 saturated heterocycles. The molecule has 3 heterocycles. The van der Waals surface area contributed by atoms with Crippen molar-refractivity contribution in [2.45, 2.75) is 30.7 Å². The number of piperazine rings is 1. The third kappa shape index (κ3) is 3.01. The number of rotatable bonds is 1. The summed E-state index contributed by atoms with van der Waals surface area (Å²) >= 11 is 0. The summed E-state index contributed by atoms with van der Waals surface area (Å²) in [6, 6.07) is 7.18. The third-order valence-corrected chi connectivity index (χ3v) is 6.87. The zero-order valence-electron chi connectivity index (χ0n) is 14.9. The molecule has 140 valence electrons. The molecule has 7 nitrogen and oxygen atoms in total. The lowest BCUT2D eigenvalue weighted by Gasteiger charge is -2.39. The van der Waals surface area contributed by atoms with Crippen LogP contribution in [0.2, 0.25) is 0 Å². The minimum absolute atomic E-state index is 0.0145. The molecule has 2 fully saturated rings. The van der Waals surface area contributed by atoms with Gasteiger partial charge in [0, 0.05) is 50.2 Å². The summed E-state index contributed by atoms with van der Waals surface area (Å²) in [6.45, 7) is 5.84. The van der Waals surface area contributed by atoms with Gasteiger partial charge in [0.1, 0.15) is 4.90 Å². The molecule has 0 saturated carbocycles. The summed E-state index contributed by atoms with van der Waals surface area (Å²) < 4.78 is 28.5. The zero-order valence-corrected chi connectivity index (χ0v) is 15.7. The second kappa shape index (κ2) is 6.66. The molecule has 1 amide bonds. The highest BCUT2D eigenvalue weighted by Crippen LogP contribution is 2.30. The van der Waals surface area contributed by atoms with Crippen LogP contribution in [0, 0.1) is 5.92 Å².